The average Bonchev–Trinajstić information content (AvgIpc) is 3.33. The fourth-order valence-electron chi connectivity index (χ4n) is 5.79. The van der Waals surface area contributed by atoms with E-state index >= 15 is 0 Å². The van der Waals surface area contributed by atoms with Gasteiger partial charge in [-0.3, -0.25) is 0 Å². The maximum absolute atomic E-state index is 11.8. The number of hydrogen-bond acceptors (Lipinski definition) is 6. The van der Waals surface area contributed by atoms with Crippen molar-refractivity contribution in [1.82, 2.24) is 5.32 Å². The van der Waals surface area contributed by atoms with Gasteiger partial charge in [0.15, 0.2) is 5.60 Å². The lowest BCUT2D eigenvalue weighted by Gasteiger charge is -2.37. The largest absolute Gasteiger partial charge is 0.497 e. The SMILES string of the molecule is CN[C@@H]1[C@@H](c2ccccc2)[C@]2(c3ccc(OC)cc3)Oc3cc(OC)cc(OC)c3C2[C@@H]1O. The van der Waals surface area contributed by atoms with Crippen LogP contribution in [0.25, 0.3) is 0 Å². The number of nitrogens with one attached hydrogen (secondary N) is 1. The first kappa shape index (κ1) is 21.6. The quantitative estimate of drug-likeness (QED) is 0.599. The molecule has 5 atom stereocenters. The number of rotatable bonds is 6. The van der Waals surface area contributed by atoms with Gasteiger partial charge in [-0.05, 0) is 30.3 Å². The Balaban J connectivity index is 1.80. The minimum Gasteiger partial charge on any atom is -0.497 e. The molecule has 1 saturated carbocycles. The molecule has 3 aromatic rings. The molecule has 2 aliphatic rings. The van der Waals surface area contributed by atoms with E-state index in [1.807, 2.05) is 61.6 Å². The third-order valence-electron chi connectivity index (χ3n) is 7.15. The van der Waals surface area contributed by atoms with Gasteiger partial charge in [0.1, 0.15) is 23.0 Å². The molecule has 0 spiro atoms. The van der Waals surface area contributed by atoms with E-state index in [0.29, 0.717) is 17.2 Å². The Morgan fingerprint density at radius 1 is 0.848 bits per heavy atom. The number of fused-ring (bicyclic) bond motifs is 3. The van der Waals surface area contributed by atoms with Gasteiger partial charge in [-0.15, -0.1) is 0 Å². The van der Waals surface area contributed by atoms with Crippen LogP contribution < -0.4 is 24.3 Å². The van der Waals surface area contributed by atoms with Crippen molar-refractivity contribution in [2.24, 2.45) is 0 Å². The molecule has 0 bridgehead atoms. The smallest absolute Gasteiger partial charge is 0.152 e. The first-order valence-corrected chi connectivity index (χ1v) is 11.1. The minimum absolute atomic E-state index is 0.166. The molecule has 6 nitrogen and oxygen atoms in total. The van der Waals surface area contributed by atoms with Crippen LogP contribution in [-0.4, -0.2) is 45.6 Å². The van der Waals surface area contributed by atoms with Crippen LogP contribution in [0, 0.1) is 0 Å². The summed E-state index contributed by atoms with van der Waals surface area (Å²) < 4.78 is 23.6. The van der Waals surface area contributed by atoms with Gasteiger partial charge < -0.3 is 29.4 Å². The highest BCUT2D eigenvalue weighted by Crippen LogP contribution is 2.66. The molecular formula is C27H29NO5. The molecule has 1 heterocycles. The summed E-state index contributed by atoms with van der Waals surface area (Å²) in [4.78, 5) is 0. The summed E-state index contributed by atoms with van der Waals surface area (Å²) in [5.74, 6) is 2.20. The lowest BCUT2D eigenvalue weighted by atomic mass is 9.73. The summed E-state index contributed by atoms with van der Waals surface area (Å²) in [7, 11) is 6.79. The molecular weight excluding hydrogens is 418 g/mol. The second kappa shape index (κ2) is 8.28. The van der Waals surface area contributed by atoms with Crippen LogP contribution in [0.5, 0.6) is 23.0 Å². The van der Waals surface area contributed by atoms with Crippen molar-refractivity contribution in [1.29, 1.82) is 0 Å². The van der Waals surface area contributed by atoms with Gasteiger partial charge in [-0.2, -0.15) is 0 Å². The minimum atomic E-state index is -0.858. The lowest BCUT2D eigenvalue weighted by Crippen LogP contribution is -2.42. The van der Waals surface area contributed by atoms with E-state index in [0.717, 1.165) is 22.4 Å². The Bertz CT molecular complexity index is 1130. The third kappa shape index (κ3) is 3.09. The van der Waals surface area contributed by atoms with Crippen LogP contribution in [0.2, 0.25) is 0 Å². The second-order valence-corrected chi connectivity index (χ2v) is 8.54. The van der Waals surface area contributed by atoms with E-state index in [9.17, 15) is 5.11 Å². The molecule has 1 aliphatic heterocycles. The average molecular weight is 448 g/mol. The predicted octanol–water partition coefficient (Wildman–Crippen LogP) is 3.83. The first-order valence-electron chi connectivity index (χ1n) is 11.1. The van der Waals surface area contributed by atoms with Gasteiger partial charge >= 0.3 is 0 Å². The summed E-state index contributed by atoms with van der Waals surface area (Å²) in [6.07, 6.45) is -0.717. The number of benzene rings is 3. The van der Waals surface area contributed by atoms with E-state index in [1.54, 1.807) is 21.3 Å². The Hall–Kier alpha value is -3.22. The van der Waals surface area contributed by atoms with Gasteiger partial charge in [0.2, 0.25) is 0 Å². The number of methoxy groups -OCH3 is 3. The molecule has 172 valence electrons. The molecule has 0 amide bonds. The summed E-state index contributed by atoms with van der Waals surface area (Å²) >= 11 is 0. The van der Waals surface area contributed by atoms with E-state index in [2.05, 4.69) is 17.4 Å². The molecule has 0 aromatic heterocycles. The number of hydrogen-bond donors (Lipinski definition) is 2. The van der Waals surface area contributed by atoms with Crippen molar-refractivity contribution in [2.45, 2.75) is 29.6 Å². The van der Waals surface area contributed by atoms with Crippen LogP contribution in [0.15, 0.2) is 66.7 Å². The topological polar surface area (TPSA) is 69.2 Å². The summed E-state index contributed by atoms with van der Waals surface area (Å²) in [6, 6.07) is 21.7. The molecule has 5 rings (SSSR count). The highest BCUT2D eigenvalue weighted by Gasteiger charge is 2.67. The van der Waals surface area contributed by atoms with Crippen LogP contribution in [0.3, 0.4) is 0 Å². The fourth-order valence-corrected chi connectivity index (χ4v) is 5.79. The zero-order chi connectivity index (χ0) is 23.2. The molecule has 1 aliphatic carbocycles. The molecule has 0 radical (unpaired) electrons. The molecule has 33 heavy (non-hydrogen) atoms. The van der Waals surface area contributed by atoms with Crippen molar-refractivity contribution in [3.63, 3.8) is 0 Å². The maximum atomic E-state index is 11.8. The summed E-state index contributed by atoms with van der Waals surface area (Å²) in [6.45, 7) is 0. The highest BCUT2D eigenvalue weighted by atomic mass is 16.5. The zero-order valence-corrected chi connectivity index (χ0v) is 19.2. The molecule has 1 unspecified atom stereocenters. The number of ether oxygens (including phenoxy) is 4. The second-order valence-electron chi connectivity index (χ2n) is 8.54. The van der Waals surface area contributed by atoms with Crippen molar-refractivity contribution in [2.75, 3.05) is 28.4 Å². The van der Waals surface area contributed by atoms with E-state index in [1.165, 1.54) is 0 Å². The predicted molar refractivity (Wildman–Crippen MR) is 126 cm³/mol. The number of aliphatic hydroxyl groups excluding tert-OH is 1. The Labute approximate surface area is 194 Å². The first-order chi connectivity index (χ1) is 16.1. The van der Waals surface area contributed by atoms with Gasteiger partial charge in [-0.1, -0.05) is 42.5 Å². The van der Waals surface area contributed by atoms with E-state index in [4.69, 9.17) is 18.9 Å². The normalized spacial score (nSPS) is 27.4. The van der Waals surface area contributed by atoms with E-state index < -0.39 is 11.7 Å². The summed E-state index contributed by atoms with van der Waals surface area (Å²) in [5.41, 5.74) is 2.06. The lowest BCUT2D eigenvalue weighted by molar-refractivity contribution is 0.0465. The Morgan fingerprint density at radius 3 is 2.15 bits per heavy atom. The number of aliphatic hydroxyl groups is 1. The van der Waals surface area contributed by atoms with Crippen molar-refractivity contribution in [3.05, 3.63) is 83.4 Å². The Morgan fingerprint density at radius 2 is 1.55 bits per heavy atom. The van der Waals surface area contributed by atoms with Crippen molar-refractivity contribution < 1.29 is 24.1 Å². The van der Waals surface area contributed by atoms with Crippen molar-refractivity contribution in [3.8, 4) is 23.0 Å². The van der Waals surface area contributed by atoms with Crippen LogP contribution in [-0.2, 0) is 5.60 Å². The van der Waals surface area contributed by atoms with Gasteiger partial charge in [-0.25, -0.2) is 0 Å². The van der Waals surface area contributed by atoms with Crippen LogP contribution >= 0.6 is 0 Å². The van der Waals surface area contributed by atoms with Crippen LogP contribution in [0.1, 0.15) is 28.5 Å². The molecule has 3 aromatic carbocycles. The molecule has 0 saturated heterocycles. The molecule has 2 N–H and O–H groups in total. The zero-order valence-electron chi connectivity index (χ0n) is 19.2. The van der Waals surface area contributed by atoms with Gasteiger partial charge in [0.25, 0.3) is 0 Å². The summed E-state index contributed by atoms with van der Waals surface area (Å²) in [5, 5.41) is 15.1. The maximum Gasteiger partial charge on any atom is 0.152 e. The monoisotopic (exact) mass is 447 g/mol. The Kier molecular flexibility index (Phi) is 5.43. The highest BCUT2D eigenvalue weighted by molar-refractivity contribution is 5.61. The van der Waals surface area contributed by atoms with E-state index in [-0.39, 0.29) is 17.9 Å². The number of likely N-dealkylation sites (N-methyl/N-ethyl adjacent to an activating group) is 1. The van der Waals surface area contributed by atoms with Gasteiger partial charge in [0, 0.05) is 29.7 Å². The fraction of sp³-hybridized carbons (Fsp3) is 0.333. The van der Waals surface area contributed by atoms with Crippen molar-refractivity contribution >= 4 is 0 Å². The third-order valence-corrected chi connectivity index (χ3v) is 7.15. The van der Waals surface area contributed by atoms with Gasteiger partial charge in [0.05, 0.1) is 33.4 Å². The molecule has 6 heteroatoms. The van der Waals surface area contributed by atoms with Crippen LogP contribution in [0.4, 0.5) is 0 Å². The molecule has 1 fully saturated rings. The standard InChI is InChI=1S/C27H29NO5/c1-28-25-23(16-8-6-5-7-9-16)27(17-10-12-18(30-2)13-11-17)24(26(25)29)22-20(32-4)14-19(31-3)15-21(22)33-27/h5-15,23-26,28-29H,1-4H3/t23-,24?,25-,26+,27+/m1/s1.